The second kappa shape index (κ2) is 6.05. The van der Waals surface area contributed by atoms with Crippen LogP contribution < -0.4 is 5.32 Å². The van der Waals surface area contributed by atoms with E-state index in [1.54, 1.807) is 12.3 Å². The van der Waals surface area contributed by atoms with Gasteiger partial charge in [-0.25, -0.2) is 0 Å². The van der Waals surface area contributed by atoms with Crippen molar-refractivity contribution in [3.8, 4) is 0 Å². The number of aromatic amines is 1. The second-order valence-corrected chi connectivity index (χ2v) is 4.34. The first-order chi connectivity index (χ1) is 8.79. The summed E-state index contributed by atoms with van der Waals surface area (Å²) in [5.41, 5.74) is 2.72. The molecule has 1 amide bonds. The van der Waals surface area contributed by atoms with Gasteiger partial charge in [-0.1, -0.05) is 25.5 Å². The van der Waals surface area contributed by atoms with Crippen LogP contribution in [0.15, 0.2) is 42.6 Å². The van der Waals surface area contributed by atoms with E-state index in [9.17, 15) is 4.79 Å². The Morgan fingerprint density at radius 3 is 2.61 bits per heavy atom. The molecule has 1 heterocycles. The molecule has 3 heteroatoms. The molecule has 2 rings (SSSR count). The number of H-pyrrole nitrogens is 1. The fourth-order valence-corrected chi connectivity index (χ4v) is 1.81. The number of anilines is 1. The van der Waals surface area contributed by atoms with Crippen LogP contribution in [0.4, 0.5) is 5.69 Å². The number of aryl methyl sites for hydroxylation is 1. The molecule has 0 saturated carbocycles. The molecule has 3 nitrogen and oxygen atoms in total. The molecule has 2 aromatic rings. The molecule has 94 valence electrons. The van der Waals surface area contributed by atoms with Gasteiger partial charge in [0.25, 0.3) is 5.91 Å². The van der Waals surface area contributed by atoms with E-state index in [2.05, 4.69) is 29.4 Å². The number of unbranched alkanes of at least 4 members (excludes halogenated alkanes) is 1. The summed E-state index contributed by atoms with van der Waals surface area (Å²) < 4.78 is 0. The summed E-state index contributed by atoms with van der Waals surface area (Å²) in [7, 11) is 0. The van der Waals surface area contributed by atoms with Gasteiger partial charge in [-0.05, 0) is 42.7 Å². The molecule has 0 aliphatic rings. The normalized spacial score (nSPS) is 10.3. The lowest BCUT2D eigenvalue weighted by Crippen LogP contribution is -2.12. The molecule has 0 aliphatic heterocycles. The van der Waals surface area contributed by atoms with Crippen LogP contribution >= 0.6 is 0 Å². The zero-order valence-electron chi connectivity index (χ0n) is 10.6. The average Bonchev–Trinajstić information content (AvgIpc) is 2.92. The molecule has 0 unspecified atom stereocenters. The Labute approximate surface area is 107 Å². The molecule has 18 heavy (non-hydrogen) atoms. The zero-order valence-corrected chi connectivity index (χ0v) is 10.6. The zero-order chi connectivity index (χ0) is 12.8. The number of rotatable bonds is 5. The van der Waals surface area contributed by atoms with Crippen molar-refractivity contribution in [1.29, 1.82) is 0 Å². The Hall–Kier alpha value is -2.03. The number of aromatic nitrogens is 1. The molecule has 1 aromatic carbocycles. The Balaban J connectivity index is 1.96. The lowest BCUT2D eigenvalue weighted by atomic mass is 10.1. The van der Waals surface area contributed by atoms with Crippen LogP contribution in [-0.4, -0.2) is 10.9 Å². The van der Waals surface area contributed by atoms with Crippen molar-refractivity contribution in [2.75, 3.05) is 5.32 Å². The molecule has 1 aromatic heterocycles. The summed E-state index contributed by atoms with van der Waals surface area (Å²) in [5.74, 6) is -0.110. The van der Waals surface area contributed by atoms with Gasteiger partial charge in [0, 0.05) is 11.9 Å². The van der Waals surface area contributed by atoms with Gasteiger partial charge in [-0.2, -0.15) is 0 Å². The maximum Gasteiger partial charge on any atom is 0.272 e. The monoisotopic (exact) mass is 242 g/mol. The highest BCUT2D eigenvalue weighted by atomic mass is 16.1. The number of hydrogen-bond donors (Lipinski definition) is 2. The predicted molar refractivity (Wildman–Crippen MR) is 73.8 cm³/mol. The summed E-state index contributed by atoms with van der Waals surface area (Å²) in [6.45, 7) is 2.19. The molecule has 0 saturated heterocycles. The van der Waals surface area contributed by atoms with Gasteiger partial charge in [0.2, 0.25) is 0 Å². The predicted octanol–water partition coefficient (Wildman–Crippen LogP) is 3.61. The third-order valence-corrected chi connectivity index (χ3v) is 2.87. The minimum absolute atomic E-state index is 0.110. The van der Waals surface area contributed by atoms with E-state index >= 15 is 0 Å². The highest BCUT2D eigenvalue weighted by Crippen LogP contribution is 2.12. The van der Waals surface area contributed by atoms with Gasteiger partial charge in [-0.3, -0.25) is 4.79 Å². The topological polar surface area (TPSA) is 44.9 Å². The summed E-state index contributed by atoms with van der Waals surface area (Å²) in [6.07, 6.45) is 5.24. The third-order valence-electron chi connectivity index (χ3n) is 2.87. The average molecular weight is 242 g/mol. The van der Waals surface area contributed by atoms with Crippen molar-refractivity contribution in [3.05, 3.63) is 53.9 Å². The van der Waals surface area contributed by atoms with E-state index < -0.39 is 0 Å². The quantitative estimate of drug-likeness (QED) is 0.826. The van der Waals surface area contributed by atoms with Crippen LogP contribution in [0.25, 0.3) is 0 Å². The molecular formula is C15H18N2O. The Morgan fingerprint density at radius 1 is 1.22 bits per heavy atom. The summed E-state index contributed by atoms with van der Waals surface area (Å²) in [4.78, 5) is 14.7. The summed E-state index contributed by atoms with van der Waals surface area (Å²) in [5, 5.41) is 2.86. The minimum atomic E-state index is -0.110. The van der Waals surface area contributed by atoms with E-state index in [1.165, 1.54) is 18.4 Å². The molecule has 0 bridgehead atoms. The Kier molecular flexibility index (Phi) is 4.18. The van der Waals surface area contributed by atoms with Crippen molar-refractivity contribution in [3.63, 3.8) is 0 Å². The number of amides is 1. The number of hydrogen-bond acceptors (Lipinski definition) is 1. The summed E-state index contributed by atoms with van der Waals surface area (Å²) in [6, 6.07) is 11.6. The van der Waals surface area contributed by atoms with Crippen LogP contribution in [0, 0.1) is 0 Å². The number of carbonyl (C=O) groups excluding carboxylic acids is 1. The largest absolute Gasteiger partial charge is 0.357 e. The van der Waals surface area contributed by atoms with E-state index in [0.717, 1.165) is 12.1 Å². The molecule has 2 N–H and O–H groups in total. The van der Waals surface area contributed by atoms with Crippen molar-refractivity contribution in [2.45, 2.75) is 26.2 Å². The molecular weight excluding hydrogens is 224 g/mol. The highest BCUT2D eigenvalue weighted by Gasteiger charge is 2.05. The molecule has 0 aliphatic carbocycles. The number of carbonyl (C=O) groups is 1. The first-order valence-electron chi connectivity index (χ1n) is 6.33. The van der Waals surface area contributed by atoms with E-state index in [0.29, 0.717) is 5.69 Å². The first kappa shape index (κ1) is 12.4. The lowest BCUT2D eigenvalue weighted by Gasteiger charge is -2.05. The summed E-state index contributed by atoms with van der Waals surface area (Å²) >= 11 is 0. The molecule has 0 radical (unpaired) electrons. The van der Waals surface area contributed by atoms with Crippen LogP contribution in [0.3, 0.4) is 0 Å². The maximum atomic E-state index is 11.8. The maximum absolute atomic E-state index is 11.8. The molecule has 0 fully saturated rings. The van der Waals surface area contributed by atoms with Gasteiger partial charge in [0.15, 0.2) is 0 Å². The third kappa shape index (κ3) is 3.23. The molecule has 0 spiro atoms. The van der Waals surface area contributed by atoms with Gasteiger partial charge in [0.1, 0.15) is 5.69 Å². The van der Waals surface area contributed by atoms with Crippen LogP contribution in [-0.2, 0) is 6.42 Å². The van der Waals surface area contributed by atoms with E-state index in [-0.39, 0.29) is 5.91 Å². The van der Waals surface area contributed by atoms with Crippen molar-refractivity contribution < 1.29 is 4.79 Å². The smallest absolute Gasteiger partial charge is 0.272 e. The Morgan fingerprint density at radius 2 is 2.00 bits per heavy atom. The van der Waals surface area contributed by atoms with Gasteiger partial charge in [0.05, 0.1) is 0 Å². The number of nitrogens with one attached hydrogen (secondary N) is 2. The van der Waals surface area contributed by atoms with Gasteiger partial charge in [-0.15, -0.1) is 0 Å². The minimum Gasteiger partial charge on any atom is -0.357 e. The van der Waals surface area contributed by atoms with Crippen molar-refractivity contribution in [2.24, 2.45) is 0 Å². The van der Waals surface area contributed by atoms with E-state index in [1.807, 2.05) is 18.2 Å². The van der Waals surface area contributed by atoms with Crippen molar-refractivity contribution in [1.82, 2.24) is 4.98 Å². The molecule has 0 atom stereocenters. The van der Waals surface area contributed by atoms with Crippen LogP contribution in [0.2, 0.25) is 0 Å². The van der Waals surface area contributed by atoms with Crippen LogP contribution in [0.5, 0.6) is 0 Å². The fourth-order valence-electron chi connectivity index (χ4n) is 1.81. The Bertz CT molecular complexity index is 486. The SMILES string of the molecule is CCCCc1ccc(NC(=O)c2ccc[nH]2)cc1. The van der Waals surface area contributed by atoms with Crippen molar-refractivity contribution >= 4 is 11.6 Å². The second-order valence-electron chi connectivity index (χ2n) is 4.34. The highest BCUT2D eigenvalue weighted by molar-refractivity contribution is 6.02. The van der Waals surface area contributed by atoms with Gasteiger partial charge >= 0.3 is 0 Å². The van der Waals surface area contributed by atoms with E-state index in [4.69, 9.17) is 0 Å². The first-order valence-corrected chi connectivity index (χ1v) is 6.33. The number of benzene rings is 1. The standard InChI is InChI=1S/C15H18N2O/c1-2-3-5-12-7-9-13(10-8-12)17-15(18)14-6-4-11-16-14/h4,6-11,16H,2-3,5H2,1H3,(H,17,18). The fraction of sp³-hybridized carbons (Fsp3) is 0.267. The lowest BCUT2D eigenvalue weighted by molar-refractivity contribution is 0.102. The van der Waals surface area contributed by atoms with Crippen LogP contribution in [0.1, 0.15) is 35.8 Å². The van der Waals surface area contributed by atoms with Gasteiger partial charge < -0.3 is 10.3 Å².